The number of hydrogen-bond donors (Lipinski definition) is 0. The number of piperidine rings is 1. The summed E-state index contributed by atoms with van der Waals surface area (Å²) in [4.78, 5) is 47.6. The van der Waals surface area contributed by atoms with Gasteiger partial charge in [0.05, 0.1) is 6.67 Å². The molecule has 0 bridgehead atoms. The Hall–Kier alpha value is -3.35. The lowest BCUT2D eigenvalue weighted by Crippen LogP contribution is -2.58. The molecular weight excluding hydrogens is 452 g/mol. The van der Waals surface area contributed by atoms with E-state index in [0.717, 1.165) is 36.9 Å². The van der Waals surface area contributed by atoms with Gasteiger partial charge in [0.2, 0.25) is 11.8 Å². The Kier molecular flexibility index (Phi) is 6.99. The summed E-state index contributed by atoms with van der Waals surface area (Å²) in [5.41, 5.74) is 1.32. The number of carbonyl (C=O) groups excluding carboxylic acids is 3. The van der Waals surface area contributed by atoms with E-state index in [2.05, 4.69) is 4.90 Å². The van der Waals surface area contributed by atoms with E-state index in [1.807, 2.05) is 65.6 Å². The molecule has 7 heteroatoms. The summed E-state index contributed by atoms with van der Waals surface area (Å²) in [7, 11) is 1.79. The Labute approximate surface area is 213 Å². The molecular formula is C29H36N4O3. The van der Waals surface area contributed by atoms with E-state index in [1.165, 1.54) is 0 Å². The summed E-state index contributed by atoms with van der Waals surface area (Å²) < 4.78 is 0. The van der Waals surface area contributed by atoms with Crippen LogP contribution in [0.4, 0.5) is 5.69 Å². The molecule has 7 nitrogen and oxygen atoms in total. The molecule has 1 spiro atoms. The van der Waals surface area contributed by atoms with Crippen LogP contribution in [0.5, 0.6) is 0 Å². The number of likely N-dealkylation sites (tertiary alicyclic amines) is 1. The van der Waals surface area contributed by atoms with Gasteiger partial charge in [-0.2, -0.15) is 0 Å². The zero-order valence-electron chi connectivity index (χ0n) is 21.1. The maximum absolute atomic E-state index is 13.9. The van der Waals surface area contributed by atoms with Crippen molar-refractivity contribution in [1.82, 2.24) is 14.7 Å². The highest BCUT2D eigenvalue weighted by Gasteiger charge is 2.54. The minimum Gasteiger partial charge on any atom is -0.342 e. The van der Waals surface area contributed by atoms with Crippen LogP contribution >= 0.6 is 0 Å². The van der Waals surface area contributed by atoms with Crippen molar-refractivity contribution in [3.63, 3.8) is 0 Å². The quantitative estimate of drug-likeness (QED) is 0.624. The van der Waals surface area contributed by atoms with Gasteiger partial charge in [0.15, 0.2) is 0 Å². The van der Waals surface area contributed by atoms with Crippen LogP contribution in [0.15, 0.2) is 60.7 Å². The third-order valence-electron chi connectivity index (χ3n) is 8.20. The SMILES string of the molecule is CN(Cc1ccccc1)C(=O)CN1CN(c2ccccc2)C2(CCN(C(=O)C3CCCC3)CC2)C1=O. The second kappa shape index (κ2) is 10.3. The molecule has 0 aromatic heterocycles. The standard InChI is InChI=1S/C29H36N4O3/c1-30(20-23-10-4-2-5-11-23)26(34)21-32-22-33(25-14-6-3-7-15-25)29(28(32)36)16-18-31(19-17-29)27(35)24-12-8-9-13-24/h2-7,10-11,14-15,24H,8-9,12-13,16-22H2,1H3. The van der Waals surface area contributed by atoms with Crippen LogP contribution < -0.4 is 4.90 Å². The van der Waals surface area contributed by atoms with E-state index < -0.39 is 5.54 Å². The van der Waals surface area contributed by atoms with Crippen molar-refractivity contribution in [3.8, 4) is 0 Å². The maximum atomic E-state index is 13.9. The molecule has 2 aromatic rings. The Bertz CT molecular complexity index is 1080. The molecule has 1 saturated carbocycles. The molecule has 2 saturated heterocycles. The lowest BCUT2D eigenvalue weighted by atomic mass is 9.85. The van der Waals surface area contributed by atoms with Crippen LogP contribution in [0, 0.1) is 5.92 Å². The van der Waals surface area contributed by atoms with Crippen LogP contribution in [0.3, 0.4) is 0 Å². The molecule has 3 amide bonds. The number of hydrogen-bond acceptors (Lipinski definition) is 4. The van der Waals surface area contributed by atoms with Gasteiger partial charge in [0, 0.05) is 38.3 Å². The minimum atomic E-state index is -0.716. The van der Waals surface area contributed by atoms with E-state index in [0.29, 0.717) is 39.1 Å². The minimum absolute atomic E-state index is 0.000722. The third-order valence-corrected chi connectivity index (χ3v) is 8.20. The van der Waals surface area contributed by atoms with Crippen LogP contribution in [-0.4, -0.2) is 71.3 Å². The fourth-order valence-electron chi connectivity index (χ4n) is 6.08. The van der Waals surface area contributed by atoms with E-state index in [9.17, 15) is 14.4 Å². The number of nitrogens with zero attached hydrogens (tertiary/aromatic N) is 4. The summed E-state index contributed by atoms with van der Waals surface area (Å²) in [5.74, 6) is 0.332. The van der Waals surface area contributed by atoms with Crippen LogP contribution in [-0.2, 0) is 20.9 Å². The zero-order chi connectivity index (χ0) is 25.1. The van der Waals surface area contributed by atoms with Gasteiger partial charge < -0.3 is 19.6 Å². The summed E-state index contributed by atoms with van der Waals surface area (Å²) in [6.45, 7) is 2.11. The lowest BCUT2D eigenvalue weighted by Gasteiger charge is -2.43. The van der Waals surface area contributed by atoms with Crippen LogP contribution in [0.25, 0.3) is 0 Å². The highest BCUT2D eigenvalue weighted by Crippen LogP contribution is 2.40. The molecule has 2 aromatic carbocycles. The zero-order valence-corrected chi connectivity index (χ0v) is 21.1. The van der Waals surface area contributed by atoms with Gasteiger partial charge >= 0.3 is 0 Å². The van der Waals surface area contributed by atoms with Crippen molar-refractivity contribution in [3.05, 3.63) is 66.2 Å². The fraction of sp³-hybridized carbons (Fsp3) is 0.483. The van der Waals surface area contributed by atoms with Crippen molar-refractivity contribution in [2.75, 3.05) is 38.3 Å². The molecule has 2 heterocycles. The normalized spacial score (nSPS) is 19.8. The Balaban J connectivity index is 1.31. The molecule has 5 rings (SSSR count). The third kappa shape index (κ3) is 4.71. The highest BCUT2D eigenvalue weighted by molar-refractivity contribution is 5.96. The molecule has 0 N–H and O–H groups in total. The Morgan fingerprint density at radius 1 is 0.944 bits per heavy atom. The first-order valence-electron chi connectivity index (χ1n) is 13.2. The first-order valence-corrected chi connectivity index (χ1v) is 13.2. The van der Waals surface area contributed by atoms with Gasteiger partial charge in [-0.1, -0.05) is 61.4 Å². The number of likely N-dealkylation sites (N-methyl/N-ethyl adjacent to an activating group) is 1. The lowest BCUT2D eigenvalue weighted by molar-refractivity contribution is -0.143. The van der Waals surface area contributed by atoms with Gasteiger partial charge in [-0.05, 0) is 43.4 Å². The smallest absolute Gasteiger partial charge is 0.250 e. The highest BCUT2D eigenvalue weighted by atomic mass is 16.2. The molecule has 190 valence electrons. The van der Waals surface area contributed by atoms with Gasteiger partial charge in [0.25, 0.3) is 5.91 Å². The number of amides is 3. The number of para-hydroxylation sites is 1. The van der Waals surface area contributed by atoms with Gasteiger partial charge in [0.1, 0.15) is 12.1 Å². The number of benzene rings is 2. The second-order valence-corrected chi connectivity index (χ2v) is 10.5. The molecule has 0 radical (unpaired) electrons. The predicted molar refractivity (Wildman–Crippen MR) is 139 cm³/mol. The summed E-state index contributed by atoms with van der Waals surface area (Å²) >= 11 is 0. The van der Waals surface area contributed by atoms with Crippen molar-refractivity contribution >= 4 is 23.4 Å². The number of carbonyl (C=O) groups is 3. The predicted octanol–water partition coefficient (Wildman–Crippen LogP) is 3.50. The van der Waals surface area contributed by atoms with E-state index in [4.69, 9.17) is 0 Å². The van der Waals surface area contributed by atoms with Gasteiger partial charge in [-0.3, -0.25) is 14.4 Å². The maximum Gasteiger partial charge on any atom is 0.250 e. The summed E-state index contributed by atoms with van der Waals surface area (Å²) in [6.07, 6.45) is 5.42. The van der Waals surface area contributed by atoms with Crippen molar-refractivity contribution < 1.29 is 14.4 Å². The summed E-state index contributed by atoms with van der Waals surface area (Å²) in [6, 6.07) is 19.9. The first kappa shape index (κ1) is 24.3. The molecule has 0 atom stereocenters. The molecule has 0 unspecified atom stereocenters. The topological polar surface area (TPSA) is 64.2 Å². The van der Waals surface area contributed by atoms with E-state index in [1.54, 1.807) is 16.8 Å². The monoisotopic (exact) mass is 488 g/mol. The van der Waals surface area contributed by atoms with E-state index >= 15 is 0 Å². The molecule has 3 aliphatic rings. The number of anilines is 1. The second-order valence-electron chi connectivity index (χ2n) is 10.5. The summed E-state index contributed by atoms with van der Waals surface area (Å²) in [5, 5.41) is 0. The molecule has 1 aliphatic carbocycles. The van der Waals surface area contributed by atoms with Gasteiger partial charge in [-0.15, -0.1) is 0 Å². The number of rotatable bonds is 6. The van der Waals surface area contributed by atoms with Crippen molar-refractivity contribution in [1.29, 1.82) is 0 Å². The largest absolute Gasteiger partial charge is 0.342 e. The molecule has 2 aliphatic heterocycles. The van der Waals surface area contributed by atoms with Gasteiger partial charge in [-0.25, -0.2) is 0 Å². The Morgan fingerprint density at radius 2 is 1.56 bits per heavy atom. The average molecular weight is 489 g/mol. The Morgan fingerprint density at radius 3 is 2.19 bits per heavy atom. The van der Waals surface area contributed by atoms with E-state index in [-0.39, 0.29) is 30.2 Å². The van der Waals surface area contributed by atoms with Crippen molar-refractivity contribution in [2.45, 2.75) is 50.6 Å². The van der Waals surface area contributed by atoms with Crippen LogP contribution in [0.1, 0.15) is 44.1 Å². The molecule has 3 fully saturated rings. The average Bonchev–Trinajstić information content (AvgIpc) is 3.54. The first-order chi connectivity index (χ1) is 17.5. The van der Waals surface area contributed by atoms with Crippen molar-refractivity contribution in [2.24, 2.45) is 5.92 Å². The fourth-order valence-corrected chi connectivity index (χ4v) is 6.08. The molecule has 36 heavy (non-hydrogen) atoms. The van der Waals surface area contributed by atoms with Crippen LogP contribution in [0.2, 0.25) is 0 Å².